The molecule has 0 saturated carbocycles. The van der Waals surface area contributed by atoms with Crippen molar-refractivity contribution < 1.29 is 4.74 Å². The molecule has 0 radical (unpaired) electrons. The first kappa shape index (κ1) is 11.7. The fourth-order valence-corrected chi connectivity index (χ4v) is 1.48. The van der Waals surface area contributed by atoms with Crippen LogP contribution in [0, 0.1) is 6.92 Å². The number of hydrogen-bond donors (Lipinski definition) is 0. The average Bonchev–Trinajstić information content (AvgIpc) is 2.18. The zero-order valence-corrected chi connectivity index (χ0v) is 10.1. The van der Waals surface area contributed by atoms with Crippen LogP contribution in [-0.2, 0) is 11.2 Å². The van der Waals surface area contributed by atoms with E-state index in [2.05, 4.69) is 33.0 Å². The van der Waals surface area contributed by atoms with Crippen LogP contribution in [0.15, 0.2) is 18.2 Å². The minimum absolute atomic E-state index is 0.793. The van der Waals surface area contributed by atoms with Crippen LogP contribution in [0.25, 0.3) is 0 Å². The van der Waals surface area contributed by atoms with Crippen LogP contribution in [0.3, 0.4) is 0 Å². The summed E-state index contributed by atoms with van der Waals surface area (Å²) >= 11 is 3.32. The maximum Gasteiger partial charge on any atom is 0.0563 e. The van der Waals surface area contributed by atoms with E-state index in [1.54, 1.807) is 0 Å². The molecule has 1 aromatic rings. The molecule has 2 nitrogen and oxygen atoms in total. The number of aromatic nitrogens is 1. The molecule has 0 bridgehead atoms. The van der Waals surface area contributed by atoms with Gasteiger partial charge >= 0.3 is 0 Å². The molecule has 0 unspecified atom stereocenters. The highest BCUT2D eigenvalue weighted by molar-refractivity contribution is 9.09. The van der Waals surface area contributed by atoms with Gasteiger partial charge in [0.2, 0.25) is 0 Å². The van der Waals surface area contributed by atoms with Crippen molar-refractivity contribution in [2.75, 3.05) is 18.5 Å². The predicted octanol–water partition coefficient (Wildman–Crippen LogP) is 2.73. The number of alkyl halides is 1. The lowest BCUT2D eigenvalue weighted by molar-refractivity contribution is 0.148. The molecule has 3 heteroatoms. The molecule has 78 valence electrons. The molecule has 0 atom stereocenters. The Morgan fingerprint density at radius 3 is 2.93 bits per heavy atom. The summed E-state index contributed by atoms with van der Waals surface area (Å²) in [5.74, 6) is 0. The van der Waals surface area contributed by atoms with Crippen LogP contribution in [0.5, 0.6) is 0 Å². The molecule has 0 aliphatic heterocycles. The Morgan fingerprint density at radius 1 is 1.36 bits per heavy atom. The zero-order chi connectivity index (χ0) is 10.2. The number of pyridine rings is 1. The molecule has 0 spiro atoms. The molecular weight excluding hydrogens is 242 g/mol. The topological polar surface area (TPSA) is 22.1 Å². The summed E-state index contributed by atoms with van der Waals surface area (Å²) in [7, 11) is 0. The van der Waals surface area contributed by atoms with Crippen LogP contribution in [0.1, 0.15) is 17.8 Å². The van der Waals surface area contributed by atoms with Crippen molar-refractivity contribution in [1.82, 2.24) is 4.98 Å². The smallest absolute Gasteiger partial charge is 0.0563 e. The second-order valence-electron chi connectivity index (χ2n) is 3.18. The van der Waals surface area contributed by atoms with E-state index in [9.17, 15) is 0 Å². The molecule has 1 heterocycles. The van der Waals surface area contributed by atoms with Gasteiger partial charge in [0.25, 0.3) is 0 Å². The number of nitrogens with zero attached hydrogens (tertiary/aromatic N) is 1. The fourth-order valence-electron chi connectivity index (χ4n) is 1.25. The minimum Gasteiger partial charge on any atom is -0.381 e. The van der Waals surface area contributed by atoms with Gasteiger partial charge in [-0.05, 0) is 31.9 Å². The Kier molecular flexibility index (Phi) is 5.80. The summed E-state index contributed by atoms with van der Waals surface area (Å²) in [5.41, 5.74) is 2.25. The first-order chi connectivity index (χ1) is 6.83. The van der Waals surface area contributed by atoms with Crippen molar-refractivity contribution in [3.05, 3.63) is 29.6 Å². The van der Waals surface area contributed by atoms with E-state index in [-0.39, 0.29) is 0 Å². The van der Waals surface area contributed by atoms with Crippen LogP contribution < -0.4 is 0 Å². The van der Waals surface area contributed by atoms with Gasteiger partial charge < -0.3 is 4.74 Å². The molecule has 0 saturated heterocycles. The zero-order valence-electron chi connectivity index (χ0n) is 8.50. The van der Waals surface area contributed by atoms with E-state index in [1.807, 2.05) is 13.0 Å². The molecular formula is C11H16BrNO. The van der Waals surface area contributed by atoms with Gasteiger partial charge in [-0.15, -0.1) is 0 Å². The van der Waals surface area contributed by atoms with Gasteiger partial charge in [-0.25, -0.2) is 0 Å². The van der Waals surface area contributed by atoms with Crippen molar-refractivity contribution in [1.29, 1.82) is 0 Å². The van der Waals surface area contributed by atoms with E-state index in [1.165, 1.54) is 0 Å². The summed E-state index contributed by atoms with van der Waals surface area (Å²) in [6.07, 6.45) is 2.05. The molecule has 0 fully saturated rings. The third-order valence-corrected chi connectivity index (χ3v) is 2.21. The summed E-state index contributed by atoms with van der Waals surface area (Å²) in [5, 5.41) is 0.912. The Bertz CT molecular complexity index is 265. The first-order valence-electron chi connectivity index (χ1n) is 4.89. The van der Waals surface area contributed by atoms with Gasteiger partial charge in [0.05, 0.1) is 6.61 Å². The van der Waals surface area contributed by atoms with Crippen molar-refractivity contribution >= 4 is 15.9 Å². The van der Waals surface area contributed by atoms with E-state index in [0.29, 0.717) is 0 Å². The molecule has 1 aromatic heterocycles. The van der Waals surface area contributed by atoms with Gasteiger partial charge in [-0.2, -0.15) is 0 Å². The van der Waals surface area contributed by atoms with Crippen molar-refractivity contribution in [2.45, 2.75) is 19.8 Å². The number of aryl methyl sites for hydroxylation is 2. The van der Waals surface area contributed by atoms with E-state index in [0.717, 1.165) is 42.8 Å². The highest BCUT2D eigenvalue weighted by Gasteiger charge is 1.95. The summed E-state index contributed by atoms with van der Waals surface area (Å²) < 4.78 is 5.36. The summed E-state index contributed by atoms with van der Waals surface area (Å²) in [6, 6.07) is 6.14. The molecule has 0 aliphatic rings. The van der Waals surface area contributed by atoms with Crippen molar-refractivity contribution in [3.63, 3.8) is 0 Å². The summed E-state index contributed by atoms with van der Waals surface area (Å²) in [6.45, 7) is 3.63. The number of rotatable bonds is 6. The summed E-state index contributed by atoms with van der Waals surface area (Å²) in [4.78, 5) is 4.43. The standard InChI is InChI=1S/C11H16BrNO/c1-10-4-2-5-11(13-10)6-3-8-14-9-7-12/h2,4-5H,3,6-9H2,1H3. The van der Waals surface area contributed by atoms with Gasteiger partial charge in [0, 0.05) is 23.3 Å². The Morgan fingerprint density at radius 2 is 2.21 bits per heavy atom. The average molecular weight is 258 g/mol. The quantitative estimate of drug-likeness (QED) is 0.578. The third-order valence-electron chi connectivity index (χ3n) is 1.89. The lowest BCUT2D eigenvalue weighted by atomic mass is 10.2. The van der Waals surface area contributed by atoms with Crippen LogP contribution in [0.2, 0.25) is 0 Å². The Hall–Kier alpha value is -0.410. The van der Waals surface area contributed by atoms with Crippen LogP contribution >= 0.6 is 15.9 Å². The molecule has 14 heavy (non-hydrogen) atoms. The lowest BCUT2D eigenvalue weighted by Gasteiger charge is -2.02. The molecule has 0 amide bonds. The largest absolute Gasteiger partial charge is 0.381 e. The van der Waals surface area contributed by atoms with E-state index in [4.69, 9.17) is 4.74 Å². The number of hydrogen-bond acceptors (Lipinski definition) is 2. The van der Waals surface area contributed by atoms with Crippen molar-refractivity contribution in [3.8, 4) is 0 Å². The number of ether oxygens (including phenoxy) is 1. The normalized spacial score (nSPS) is 10.4. The highest BCUT2D eigenvalue weighted by Crippen LogP contribution is 2.01. The van der Waals surface area contributed by atoms with E-state index >= 15 is 0 Å². The second kappa shape index (κ2) is 6.96. The van der Waals surface area contributed by atoms with Crippen LogP contribution in [0.4, 0.5) is 0 Å². The van der Waals surface area contributed by atoms with Crippen LogP contribution in [-0.4, -0.2) is 23.5 Å². The van der Waals surface area contributed by atoms with Gasteiger partial charge in [0.15, 0.2) is 0 Å². The SMILES string of the molecule is Cc1cccc(CCCOCCBr)n1. The molecule has 0 N–H and O–H groups in total. The predicted molar refractivity (Wildman–Crippen MR) is 61.9 cm³/mol. The Labute approximate surface area is 93.8 Å². The molecule has 0 aromatic carbocycles. The van der Waals surface area contributed by atoms with Crippen molar-refractivity contribution in [2.24, 2.45) is 0 Å². The monoisotopic (exact) mass is 257 g/mol. The van der Waals surface area contributed by atoms with Gasteiger partial charge in [-0.1, -0.05) is 22.0 Å². The Balaban J connectivity index is 2.18. The fraction of sp³-hybridized carbons (Fsp3) is 0.545. The second-order valence-corrected chi connectivity index (χ2v) is 3.97. The van der Waals surface area contributed by atoms with Gasteiger partial charge in [0.1, 0.15) is 0 Å². The van der Waals surface area contributed by atoms with E-state index < -0.39 is 0 Å². The maximum absolute atomic E-state index is 5.36. The highest BCUT2D eigenvalue weighted by atomic mass is 79.9. The maximum atomic E-state index is 5.36. The third kappa shape index (κ3) is 4.72. The molecule has 0 aliphatic carbocycles. The molecule has 1 rings (SSSR count). The number of halogens is 1. The van der Waals surface area contributed by atoms with Gasteiger partial charge in [-0.3, -0.25) is 4.98 Å². The lowest BCUT2D eigenvalue weighted by Crippen LogP contribution is -2.00. The minimum atomic E-state index is 0.793. The first-order valence-corrected chi connectivity index (χ1v) is 6.01.